The number of fused-ring (bicyclic) bond motifs is 1. The highest BCUT2D eigenvalue weighted by Crippen LogP contribution is 2.26. The van der Waals surface area contributed by atoms with E-state index in [0.717, 1.165) is 6.42 Å². The predicted molar refractivity (Wildman–Crippen MR) is 50.3 cm³/mol. The van der Waals surface area contributed by atoms with E-state index in [1.54, 1.807) is 0 Å². The third-order valence-electron chi connectivity index (χ3n) is 1.78. The number of H-pyrrole nitrogens is 1. The Morgan fingerprint density at radius 1 is 1.70 bits per heavy atom. The Balaban J connectivity index is 2.39. The lowest BCUT2D eigenvalue weighted by Crippen LogP contribution is -2.09. The van der Waals surface area contributed by atoms with Crippen molar-refractivity contribution in [1.29, 1.82) is 0 Å². The largest absolute Gasteiger partial charge is 0.369 e. The van der Waals surface area contributed by atoms with Crippen LogP contribution in [-0.2, 0) is 6.42 Å². The molecular weight excluding hydrogens is 239 g/mol. The van der Waals surface area contributed by atoms with Gasteiger partial charge in [0.05, 0.1) is 3.70 Å². The molecule has 2 heterocycles. The fraction of sp³-hybridized carbons (Fsp3) is 0.429. The minimum atomic E-state index is 0.609. The van der Waals surface area contributed by atoms with Crippen molar-refractivity contribution in [3.8, 4) is 0 Å². The van der Waals surface area contributed by atoms with Gasteiger partial charge in [0.2, 0.25) is 0 Å². The van der Waals surface area contributed by atoms with Crippen molar-refractivity contribution < 1.29 is 0 Å². The minimum Gasteiger partial charge on any atom is -0.369 e. The Hall–Kier alpha value is -0.190. The highest BCUT2D eigenvalue weighted by Gasteiger charge is 2.18. The molecule has 0 fully saturated rings. The molecule has 0 amide bonds. The van der Waals surface area contributed by atoms with Crippen molar-refractivity contribution in [3.05, 3.63) is 15.3 Å². The molecule has 0 aromatic carbocycles. The molecule has 54 valence electrons. The summed E-state index contributed by atoms with van der Waals surface area (Å²) in [5, 5.41) is 3.36. The van der Waals surface area contributed by atoms with Gasteiger partial charge in [-0.2, -0.15) is 0 Å². The third-order valence-corrected chi connectivity index (χ3v) is 2.36. The zero-order valence-corrected chi connectivity index (χ0v) is 7.90. The predicted octanol–water partition coefficient (Wildman–Crippen LogP) is 1.98. The van der Waals surface area contributed by atoms with E-state index in [9.17, 15) is 0 Å². The summed E-state index contributed by atoms with van der Waals surface area (Å²) in [4.78, 5) is 3.26. The monoisotopic (exact) mass is 248 g/mol. The van der Waals surface area contributed by atoms with E-state index >= 15 is 0 Å². The minimum absolute atomic E-state index is 0.609. The molecule has 0 saturated carbocycles. The van der Waals surface area contributed by atoms with E-state index < -0.39 is 0 Å². The second-order valence-electron chi connectivity index (χ2n) is 2.77. The number of hydrogen-bond acceptors (Lipinski definition) is 1. The molecular formula is C7H9IN2. The summed E-state index contributed by atoms with van der Waals surface area (Å²) >= 11 is 2.30. The lowest BCUT2D eigenvalue weighted by Gasteiger charge is -2.00. The van der Waals surface area contributed by atoms with E-state index in [1.165, 1.54) is 15.1 Å². The second-order valence-corrected chi connectivity index (χ2v) is 3.93. The van der Waals surface area contributed by atoms with Crippen LogP contribution < -0.4 is 5.32 Å². The average molecular weight is 248 g/mol. The molecule has 0 radical (unpaired) electrons. The normalized spacial score (nSPS) is 22.4. The highest BCUT2D eigenvalue weighted by molar-refractivity contribution is 14.1. The van der Waals surface area contributed by atoms with Crippen LogP contribution in [0.25, 0.3) is 0 Å². The van der Waals surface area contributed by atoms with Crippen molar-refractivity contribution in [1.82, 2.24) is 4.98 Å². The molecule has 3 heteroatoms. The number of anilines is 1. The summed E-state index contributed by atoms with van der Waals surface area (Å²) in [6.07, 6.45) is 1.16. The van der Waals surface area contributed by atoms with Gasteiger partial charge in [-0.3, -0.25) is 0 Å². The summed E-state index contributed by atoms with van der Waals surface area (Å²) in [7, 11) is 0. The molecule has 1 aromatic heterocycles. The first-order chi connectivity index (χ1) is 4.75. The van der Waals surface area contributed by atoms with Gasteiger partial charge in [0.1, 0.15) is 5.82 Å². The van der Waals surface area contributed by atoms with E-state index in [-0.39, 0.29) is 0 Å². The maximum Gasteiger partial charge on any atom is 0.107 e. The van der Waals surface area contributed by atoms with Crippen LogP contribution in [-0.4, -0.2) is 11.0 Å². The zero-order chi connectivity index (χ0) is 7.14. The molecule has 1 aliphatic heterocycles. The first-order valence-electron chi connectivity index (χ1n) is 3.39. The summed E-state index contributed by atoms with van der Waals surface area (Å²) in [5.41, 5.74) is 1.43. The summed E-state index contributed by atoms with van der Waals surface area (Å²) in [6.45, 7) is 2.20. The van der Waals surface area contributed by atoms with Crippen LogP contribution in [0, 0.1) is 3.70 Å². The van der Waals surface area contributed by atoms with Gasteiger partial charge in [-0.05, 0) is 47.6 Å². The van der Waals surface area contributed by atoms with E-state index in [1.807, 2.05) is 0 Å². The van der Waals surface area contributed by atoms with Gasteiger partial charge in [0, 0.05) is 6.04 Å². The molecule has 0 bridgehead atoms. The zero-order valence-electron chi connectivity index (χ0n) is 5.74. The SMILES string of the molecule is CC1Cc2cc(I)[nH]c2N1. The van der Waals surface area contributed by atoms with Crippen LogP contribution in [0.2, 0.25) is 0 Å². The Labute approximate surface area is 73.5 Å². The Bertz CT molecular complexity index is 231. The summed E-state index contributed by atoms with van der Waals surface area (Å²) in [5.74, 6) is 1.22. The molecule has 1 aliphatic rings. The smallest absolute Gasteiger partial charge is 0.107 e. The van der Waals surface area contributed by atoms with Gasteiger partial charge in [-0.1, -0.05) is 0 Å². The number of aromatic amines is 1. The van der Waals surface area contributed by atoms with Gasteiger partial charge in [0.25, 0.3) is 0 Å². The van der Waals surface area contributed by atoms with Crippen molar-refractivity contribution in [3.63, 3.8) is 0 Å². The molecule has 2 nitrogen and oxygen atoms in total. The lowest BCUT2D eigenvalue weighted by molar-refractivity contribution is 0.835. The standard InChI is InChI=1S/C7H9IN2/c1-4-2-5-3-6(8)10-7(5)9-4/h3-4,9-10H,2H2,1H3. The Morgan fingerprint density at radius 3 is 3.20 bits per heavy atom. The van der Waals surface area contributed by atoms with Crippen molar-refractivity contribution in [2.75, 3.05) is 5.32 Å². The number of aromatic nitrogens is 1. The molecule has 1 unspecified atom stereocenters. The van der Waals surface area contributed by atoms with E-state index in [2.05, 4.69) is 45.9 Å². The molecule has 10 heavy (non-hydrogen) atoms. The number of halogens is 1. The van der Waals surface area contributed by atoms with Crippen LogP contribution in [0.15, 0.2) is 6.07 Å². The molecule has 0 aliphatic carbocycles. The van der Waals surface area contributed by atoms with Crippen LogP contribution in [0.5, 0.6) is 0 Å². The first kappa shape index (κ1) is 6.52. The number of nitrogens with one attached hydrogen (secondary N) is 2. The van der Waals surface area contributed by atoms with Gasteiger partial charge in [-0.15, -0.1) is 0 Å². The van der Waals surface area contributed by atoms with Gasteiger partial charge in [0.15, 0.2) is 0 Å². The average Bonchev–Trinajstić information content (AvgIpc) is 2.21. The summed E-state index contributed by atoms with van der Waals surface area (Å²) in [6, 6.07) is 2.81. The second kappa shape index (κ2) is 2.15. The number of rotatable bonds is 0. The Morgan fingerprint density at radius 2 is 2.50 bits per heavy atom. The molecule has 1 aromatic rings. The summed E-state index contributed by atoms with van der Waals surface area (Å²) < 4.78 is 1.22. The number of hydrogen-bond donors (Lipinski definition) is 2. The highest BCUT2D eigenvalue weighted by atomic mass is 127. The van der Waals surface area contributed by atoms with Gasteiger partial charge in [-0.25, -0.2) is 0 Å². The molecule has 2 rings (SSSR count). The van der Waals surface area contributed by atoms with Crippen molar-refractivity contribution in [2.45, 2.75) is 19.4 Å². The van der Waals surface area contributed by atoms with Crippen LogP contribution in [0.3, 0.4) is 0 Å². The lowest BCUT2D eigenvalue weighted by atomic mass is 10.2. The van der Waals surface area contributed by atoms with Gasteiger partial charge < -0.3 is 10.3 Å². The molecule has 0 saturated heterocycles. The van der Waals surface area contributed by atoms with E-state index in [4.69, 9.17) is 0 Å². The fourth-order valence-corrected chi connectivity index (χ4v) is 2.02. The fourth-order valence-electron chi connectivity index (χ4n) is 1.38. The van der Waals surface area contributed by atoms with Crippen LogP contribution in [0.4, 0.5) is 5.82 Å². The van der Waals surface area contributed by atoms with Crippen molar-refractivity contribution in [2.24, 2.45) is 0 Å². The molecule has 2 N–H and O–H groups in total. The first-order valence-corrected chi connectivity index (χ1v) is 4.47. The maximum atomic E-state index is 3.36. The van der Waals surface area contributed by atoms with Crippen LogP contribution in [0.1, 0.15) is 12.5 Å². The van der Waals surface area contributed by atoms with E-state index in [0.29, 0.717) is 6.04 Å². The maximum absolute atomic E-state index is 3.36. The Kier molecular flexibility index (Phi) is 1.40. The van der Waals surface area contributed by atoms with Crippen LogP contribution >= 0.6 is 22.6 Å². The third kappa shape index (κ3) is 0.923. The topological polar surface area (TPSA) is 27.8 Å². The van der Waals surface area contributed by atoms with Crippen molar-refractivity contribution >= 4 is 28.4 Å². The quantitative estimate of drug-likeness (QED) is 0.675. The van der Waals surface area contributed by atoms with Gasteiger partial charge >= 0.3 is 0 Å². The molecule has 1 atom stereocenters. The molecule has 0 spiro atoms.